The van der Waals surface area contributed by atoms with Crippen LogP contribution in [0, 0.1) is 5.92 Å². The van der Waals surface area contributed by atoms with E-state index < -0.39 is 0 Å². The number of benzene rings is 1. The minimum absolute atomic E-state index is 0.117. The van der Waals surface area contributed by atoms with E-state index in [2.05, 4.69) is 29.4 Å². The van der Waals surface area contributed by atoms with Gasteiger partial charge in [-0.1, -0.05) is 37.3 Å². The number of nitrogens with one attached hydrogen (secondary N) is 2. The number of carbonyl (C=O) groups is 1. The summed E-state index contributed by atoms with van der Waals surface area (Å²) in [5.41, 5.74) is 1.15. The molecule has 1 heterocycles. The van der Waals surface area contributed by atoms with Gasteiger partial charge in [0.25, 0.3) is 0 Å². The fourth-order valence-electron chi connectivity index (χ4n) is 3.64. The number of aliphatic hydroxyl groups excluding tert-OH is 1. The Bertz CT molecular complexity index is 509. The maximum atomic E-state index is 12.2. The largest absolute Gasteiger partial charge is 0.396 e. The smallest absolute Gasteiger partial charge is 0.315 e. The van der Waals surface area contributed by atoms with Gasteiger partial charge in [0, 0.05) is 38.2 Å². The second kappa shape index (κ2) is 10.4. The van der Waals surface area contributed by atoms with Crippen LogP contribution < -0.4 is 10.6 Å². The maximum Gasteiger partial charge on any atom is 0.315 e. The summed E-state index contributed by atoms with van der Waals surface area (Å²) >= 11 is 0. The predicted octanol–water partition coefficient (Wildman–Crippen LogP) is 2.57. The number of piperidine rings is 1. The lowest BCUT2D eigenvalue weighted by Gasteiger charge is -2.32. The molecule has 1 aliphatic rings. The highest BCUT2D eigenvalue weighted by Crippen LogP contribution is 2.18. The Morgan fingerprint density at radius 3 is 2.80 bits per heavy atom. The van der Waals surface area contributed by atoms with Gasteiger partial charge >= 0.3 is 6.03 Å². The van der Waals surface area contributed by atoms with Gasteiger partial charge in [0.15, 0.2) is 0 Å². The van der Waals surface area contributed by atoms with Crippen LogP contribution in [0.5, 0.6) is 0 Å². The fraction of sp³-hybridized carbons (Fsp3) is 0.650. The highest BCUT2D eigenvalue weighted by Gasteiger charge is 2.19. The van der Waals surface area contributed by atoms with Crippen molar-refractivity contribution in [1.82, 2.24) is 15.5 Å². The Kier molecular flexibility index (Phi) is 8.22. The van der Waals surface area contributed by atoms with Crippen molar-refractivity contribution in [2.75, 3.05) is 32.8 Å². The van der Waals surface area contributed by atoms with Gasteiger partial charge in [-0.25, -0.2) is 4.79 Å². The zero-order chi connectivity index (χ0) is 18.1. The number of carbonyl (C=O) groups excluding carboxylic acids is 1. The van der Waals surface area contributed by atoms with Gasteiger partial charge < -0.3 is 20.6 Å². The molecule has 0 saturated carbocycles. The van der Waals surface area contributed by atoms with E-state index in [0.717, 1.165) is 31.1 Å². The molecule has 2 rings (SSSR count). The van der Waals surface area contributed by atoms with E-state index in [4.69, 9.17) is 0 Å². The van der Waals surface area contributed by atoms with E-state index in [1.54, 1.807) is 0 Å². The molecule has 0 bridgehead atoms. The van der Waals surface area contributed by atoms with Crippen molar-refractivity contribution in [2.24, 2.45) is 5.92 Å². The molecule has 2 amide bonds. The second-order valence-corrected chi connectivity index (χ2v) is 7.38. The zero-order valence-corrected chi connectivity index (χ0v) is 15.6. The first kappa shape index (κ1) is 19.7. The van der Waals surface area contributed by atoms with Gasteiger partial charge in [-0.15, -0.1) is 0 Å². The van der Waals surface area contributed by atoms with Crippen LogP contribution in [-0.2, 0) is 0 Å². The first-order valence-corrected chi connectivity index (χ1v) is 9.51. The molecule has 1 fully saturated rings. The Morgan fingerprint density at radius 2 is 2.12 bits per heavy atom. The van der Waals surface area contributed by atoms with Crippen LogP contribution in [0.15, 0.2) is 30.3 Å². The molecule has 0 aliphatic carbocycles. The van der Waals surface area contributed by atoms with Gasteiger partial charge in [0.2, 0.25) is 0 Å². The average molecular weight is 348 g/mol. The first-order chi connectivity index (χ1) is 12.1. The third-order valence-electron chi connectivity index (χ3n) is 4.91. The summed E-state index contributed by atoms with van der Waals surface area (Å²) in [7, 11) is 0. The van der Waals surface area contributed by atoms with Crippen molar-refractivity contribution in [3.63, 3.8) is 0 Å². The Morgan fingerprint density at radius 1 is 1.36 bits per heavy atom. The van der Waals surface area contributed by atoms with Crippen LogP contribution >= 0.6 is 0 Å². The monoisotopic (exact) mass is 347 g/mol. The zero-order valence-electron chi connectivity index (χ0n) is 15.6. The van der Waals surface area contributed by atoms with Crippen LogP contribution in [0.1, 0.15) is 44.6 Å². The number of urea groups is 1. The minimum atomic E-state index is -0.128. The number of likely N-dealkylation sites (tertiary alicyclic amines) is 1. The molecule has 3 atom stereocenters. The van der Waals surface area contributed by atoms with Crippen molar-refractivity contribution in [3.05, 3.63) is 35.9 Å². The molecule has 3 unspecified atom stereocenters. The van der Waals surface area contributed by atoms with Crippen LogP contribution in [0.2, 0.25) is 0 Å². The summed E-state index contributed by atoms with van der Waals surface area (Å²) in [6, 6.07) is 10.0. The Balaban J connectivity index is 1.74. The van der Waals surface area contributed by atoms with Crippen LogP contribution in [0.25, 0.3) is 0 Å². The fourth-order valence-corrected chi connectivity index (χ4v) is 3.64. The summed E-state index contributed by atoms with van der Waals surface area (Å²) in [4.78, 5) is 14.6. The van der Waals surface area contributed by atoms with Crippen molar-refractivity contribution in [3.8, 4) is 0 Å². The topological polar surface area (TPSA) is 64.6 Å². The van der Waals surface area contributed by atoms with E-state index in [1.165, 1.54) is 12.8 Å². The highest BCUT2D eigenvalue weighted by atomic mass is 16.3. The van der Waals surface area contributed by atoms with E-state index >= 15 is 0 Å². The van der Waals surface area contributed by atoms with E-state index in [-0.39, 0.29) is 24.6 Å². The number of aliphatic hydroxyl groups is 1. The summed E-state index contributed by atoms with van der Waals surface area (Å²) in [6.07, 6.45) is 3.20. The van der Waals surface area contributed by atoms with E-state index in [0.29, 0.717) is 13.0 Å². The lowest BCUT2D eigenvalue weighted by Crippen LogP contribution is -2.48. The van der Waals surface area contributed by atoms with Gasteiger partial charge in [-0.05, 0) is 44.2 Å². The molecule has 5 heteroatoms. The molecule has 25 heavy (non-hydrogen) atoms. The molecular weight excluding hydrogens is 314 g/mol. The average Bonchev–Trinajstić information content (AvgIpc) is 2.59. The number of amides is 2. The first-order valence-electron chi connectivity index (χ1n) is 9.51. The van der Waals surface area contributed by atoms with Crippen molar-refractivity contribution in [2.45, 2.75) is 45.1 Å². The quantitative estimate of drug-likeness (QED) is 0.677. The van der Waals surface area contributed by atoms with Gasteiger partial charge in [-0.2, -0.15) is 0 Å². The molecule has 140 valence electrons. The van der Waals surface area contributed by atoms with Gasteiger partial charge in [0.1, 0.15) is 0 Å². The summed E-state index contributed by atoms with van der Waals surface area (Å²) in [5.74, 6) is 0.884. The van der Waals surface area contributed by atoms with Crippen LogP contribution in [0.4, 0.5) is 4.79 Å². The van der Waals surface area contributed by atoms with Crippen molar-refractivity contribution < 1.29 is 9.90 Å². The molecule has 3 N–H and O–H groups in total. The summed E-state index contributed by atoms with van der Waals surface area (Å²) in [5, 5.41) is 15.3. The molecule has 5 nitrogen and oxygen atoms in total. The highest BCUT2D eigenvalue weighted by molar-refractivity contribution is 5.74. The Hall–Kier alpha value is -1.59. The molecule has 1 aromatic rings. The standard InChI is InChI=1S/C20H33N3O2/c1-16-7-6-11-23(14-16)15-17(2)22-20(25)21-13-19(10-12-24)18-8-4-3-5-9-18/h3-5,8-9,16-17,19,24H,6-7,10-15H2,1-2H3,(H2,21,22,25). The van der Waals surface area contributed by atoms with Crippen LogP contribution in [0.3, 0.4) is 0 Å². The molecule has 1 saturated heterocycles. The molecule has 1 aromatic carbocycles. The van der Waals surface area contributed by atoms with E-state index in [9.17, 15) is 9.90 Å². The number of rotatable bonds is 8. The number of nitrogens with zero attached hydrogens (tertiary/aromatic N) is 1. The van der Waals surface area contributed by atoms with E-state index in [1.807, 2.05) is 30.3 Å². The van der Waals surface area contributed by atoms with Gasteiger partial charge in [0.05, 0.1) is 0 Å². The second-order valence-electron chi connectivity index (χ2n) is 7.38. The summed E-state index contributed by atoms with van der Waals surface area (Å²) in [6.45, 7) is 8.15. The molecule has 0 aromatic heterocycles. The third-order valence-corrected chi connectivity index (χ3v) is 4.91. The van der Waals surface area contributed by atoms with Crippen LogP contribution in [-0.4, -0.2) is 54.9 Å². The Labute approximate surface area is 151 Å². The maximum absolute atomic E-state index is 12.2. The lowest BCUT2D eigenvalue weighted by molar-refractivity contribution is 0.169. The molecule has 0 radical (unpaired) electrons. The molecular formula is C20H33N3O2. The van der Waals surface area contributed by atoms with Gasteiger partial charge in [-0.3, -0.25) is 0 Å². The predicted molar refractivity (Wildman–Crippen MR) is 102 cm³/mol. The molecule has 0 spiro atoms. The third kappa shape index (κ3) is 7.04. The lowest BCUT2D eigenvalue weighted by atomic mass is 9.96. The van der Waals surface area contributed by atoms with Crippen molar-refractivity contribution >= 4 is 6.03 Å². The number of hydrogen-bond acceptors (Lipinski definition) is 3. The minimum Gasteiger partial charge on any atom is -0.396 e. The number of hydrogen-bond donors (Lipinski definition) is 3. The normalized spacial score (nSPS) is 20.7. The molecule has 1 aliphatic heterocycles. The SMILES string of the molecule is CC1CCCN(CC(C)NC(=O)NCC(CCO)c2ccccc2)C1. The summed E-state index contributed by atoms with van der Waals surface area (Å²) < 4.78 is 0. The van der Waals surface area contributed by atoms with Crippen molar-refractivity contribution in [1.29, 1.82) is 0 Å².